The summed E-state index contributed by atoms with van der Waals surface area (Å²) in [7, 11) is 0. The molecule has 2 aromatic carbocycles. The van der Waals surface area contributed by atoms with Gasteiger partial charge in [0.1, 0.15) is 11.5 Å². The molecule has 0 aliphatic carbocycles. The first-order chi connectivity index (χ1) is 12.4. The molecule has 2 N–H and O–H groups in total. The van der Waals surface area contributed by atoms with Crippen LogP contribution in [-0.2, 0) is 0 Å². The van der Waals surface area contributed by atoms with Crippen molar-refractivity contribution in [2.75, 3.05) is 10.6 Å². The van der Waals surface area contributed by atoms with Crippen molar-refractivity contribution in [3.63, 3.8) is 0 Å². The summed E-state index contributed by atoms with van der Waals surface area (Å²) in [6.07, 6.45) is 0. The zero-order valence-electron chi connectivity index (χ0n) is 14.8. The number of amides is 1. The first-order valence-electron chi connectivity index (χ1n) is 8.17. The maximum atomic E-state index is 13.7. The Morgan fingerprint density at radius 1 is 0.962 bits per heavy atom. The van der Waals surface area contributed by atoms with Crippen LogP contribution in [0.5, 0.6) is 0 Å². The fraction of sp³-hybridized carbons (Fsp3) is 0.150. The highest BCUT2D eigenvalue weighted by Gasteiger charge is 2.13. The molecule has 0 aliphatic rings. The Morgan fingerprint density at radius 2 is 1.65 bits per heavy atom. The molecule has 0 aliphatic heterocycles. The van der Waals surface area contributed by atoms with Gasteiger partial charge < -0.3 is 10.6 Å². The molecule has 0 fully saturated rings. The first-order valence-corrected chi connectivity index (χ1v) is 8.17. The van der Waals surface area contributed by atoms with Gasteiger partial charge in [0.15, 0.2) is 0 Å². The lowest BCUT2D eigenvalue weighted by atomic mass is 10.1. The van der Waals surface area contributed by atoms with E-state index < -0.39 is 11.7 Å². The van der Waals surface area contributed by atoms with Gasteiger partial charge in [-0.15, -0.1) is 0 Å². The molecule has 132 valence electrons. The molecule has 0 saturated carbocycles. The van der Waals surface area contributed by atoms with Crippen LogP contribution in [0.3, 0.4) is 0 Å². The Morgan fingerprint density at radius 3 is 2.35 bits per heavy atom. The van der Waals surface area contributed by atoms with Gasteiger partial charge in [0.25, 0.3) is 5.91 Å². The summed E-state index contributed by atoms with van der Waals surface area (Å²) in [5.74, 6) is -0.682. The van der Waals surface area contributed by atoms with Gasteiger partial charge in [0.05, 0.1) is 5.69 Å². The number of carbonyl (C=O) groups excluding carboxylic acids is 1. The van der Waals surface area contributed by atoms with Gasteiger partial charge in [-0.2, -0.15) is 0 Å². The number of carbonyl (C=O) groups is 1. The van der Waals surface area contributed by atoms with Crippen LogP contribution in [0, 0.1) is 26.6 Å². The third kappa shape index (κ3) is 4.22. The average molecular weight is 350 g/mol. The third-order valence-electron chi connectivity index (χ3n) is 3.69. The molecular weight excluding hydrogens is 331 g/mol. The van der Waals surface area contributed by atoms with Crippen LogP contribution in [0.2, 0.25) is 0 Å². The topological polar surface area (TPSA) is 66.9 Å². The molecule has 26 heavy (non-hydrogen) atoms. The fourth-order valence-electron chi connectivity index (χ4n) is 2.67. The fourth-order valence-corrected chi connectivity index (χ4v) is 2.67. The maximum absolute atomic E-state index is 13.7. The molecule has 5 nitrogen and oxygen atoms in total. The van der Waals surface area contributed by atoms with Crippen LogP contribution in [0.4, 0.5) is 21.7 Å². The van der Waals surface area contributed by atoms with Crippen LogP contribution < -0.4 is 10.6 Å². The predicted molar refractivity (Wildman–Crippen MR) is 100 cm³/mol. The maximum Gasteiger partial charge on any atom is 0.274 e. The van der Waals surface area contributed by atoms with Gasteiger partial charge in [-0.3, -0.25) is 4.79 Å². The quantitative estimate of drug-likeness (QED) is 0.725. The van der Waals surface area contributed by atoms with Crippen molar-refractivity contribution in [3.05, 3.63) is 76.9 Å². The molecule has 1 amide bonds. The number of nitrogens with zero attached hydrogens (tertiary/aromatic N) is 2. The second kappa shape index (κ2) is 7.31. The highest BCUT2D eigenvalue weighted by molar-refractivity contribution is 6.03. The Bertz CT molecular complexity index is 952. The number of halogens is 1. The normalized spacial score (nSPS) is 10.5. The molecule has 3 aromatic rings. The Hall–Kier alpha value is -3.28. The lowest BCUT2D eigenvalue weighted by molar-refractivity contribution is 0.102. The van der Waals surface area contributed by atoms with Crippen LogP contribution >= 0.6 is 0 Å². The third-order valence-corrected chi connectivity index (χ3v) is 3.69. The molecule has 3 rings (SSSR count). The number of benzene rings is 2. The van der Waals surface area contributed by atoms with Gasteiger partial charge in [-0.1, -0.05) is 18.2 Å². The molecule has 0 unspecified atom stereocenters. The lowest BCUT2D eigenvalue weighted by Gasteiger charge is -2.10. The van der Waals surface area contributed by atoms with Crippen molar-refractivity contribution >= 4 is 23.2 Å². The van der Waals surface area contributed by atoms with E-state index in [0.29, 0.717) is 11.6 Å². The number of hydrogen-bond donors (Lipinski definition) is 2. The molecule has 1 aromatic heterocycles. The highest BCUT2D eigenvalue weighted by Crippen LogP contribution is 2.19. The minimum Gasteiger partial charge on any atom is -0.324 e. The number of aromatic nitrogens is 2. The summed E-state index contributed by atoms with van der Waals surface area (Å²) in [6, 6.07) is 13.6. The van der Waals surface area contributed by atoms with Crippen LogP contribution in [0.25, 0.3) is 0 Å². The number of aryl methyl sites for hydroxylation is 3. The van der Waals surface area contributed by atoms with E-state index in [1.807, 2.05) is 26.0 Å². The molecule has 0 spiro atoms. The minimum absolute atomic E-state index is 0.109. The van der Waals surface area contributed by atoms with Crippen molar-refractivity contribution in [1.29, 1.82) is 0 Å². The van der Waals surface area contributed by atoms with Crippen LogP contribution in [0.1, 0.15) is 27.3 Å². The van der Waals surface area contributed by atoms with Crippen LogP contribution in [-0.4, -0.2) is 15.9 Å². The summed E-state index contributed by atoms with van der Waals surface area (Å²) in [4.78, 5) is 21.0. The first kappa shape index (κ1) is 17.5. The molecule has 6 heteroatoms. The summed E-state index contributed by atoms with van der Waals surface area (Å²) in [5, 5.41) is 5.65. The Balaban J connectivity index is 1.85. The monoisotopic (exact) mass is 350 g/mol. The lowest BCUT2D eigenvalue weighted by Crippen LogP contribution is -2.16. The van der Waals surface area contributed by atoms with Gasteiger partial charge in [-0.25, -0.2) is 14.4 Å². The Labute approximate surface area is 151 Å². The number of nitrogens with one attached hydrogen (secondary N) is 2. The summed E-state index contributed by atoms with van der Waals surface area (Å²) >= 11 is 0. The second-order valence-electron chi connectivity index (χ2n) is 6.15. The Kier molecular flexibility index (Phi) is 4.93. The van der Waals surface area contributed by atoms with Crippen molar-refractivity contribution in [2.24, 2.45) is 0 Å². The van der Waals surface area contributed by atoms with Crippen molar-refractivity contribution in [3.8, 4) is 0 Å². The van der Waals surface area contributed by atoms with Gasteiger partial charge in [0, 0.05) is 11.4 Å². The summed E-state index contributed by atoms with van der Waals surface area (Å²) in [6.45, 7) is 5.78. The standard InChI is InChI=1S/C20H19FN4O/c1-12-8-13(2)10-15(9-12)23-20-22-14(3)11-18(25-20)19(26)24-17-7-5-4-6-16(17)21/h4-11H,1-3H3,(H,24,26)(H,22,23,25). The van der Waals surface area contributed by atoms with E-state index in [1.54, 1.807) is 25.1 Å². The highest BCUT2D eigenvalue weighted by atomic mass is 19.1. The molecule has 0 atom stereocenters. The van der Waals surface area contributed by atoms with Crippen molar-refractivity contribution in [2.45, 2.75) is 20.8 Å². The number of para-hydroxylation sites is 1. The molecule has 1 heterocycles. The zero-order valence-corrected chi connectivity index (χ0v) is 14.8. The number of hydrogen-bond acceptors (Lipinski definition) is 4. The zero-order chi connectivity index (χ0) is 18.7. The van der Waals surface area contributed by atoms with E-state index in [2.05, 4.69) is 26.7 Å². The van der Waals surface area contributed by atoms with Crippen molar-refractivity contribution < 1.29 is 9.18 Å². The summed E-state index contributed by atoms with van der Waals surface area (Å²) < 4.78 is 13.7. The van der Waals surface area contributed by atoms with Gasteiger partial charge in [0.2, 0.25) is 5.95 Å². The largest absolute Gasteiger partial charge is 0.324 e. The smallest absolute Gasteiger partial charge is 0.274 e. The molecule has 0 saturated heterocycles. The average Bonchev–Trinajstić information content (AvgIpc) is 2.55. The second-order valence-corrected chi connectivity index (χ2v) is 6.15. The van der Waals surface area contributed by atoms with E-state index in [0.717, 1.165) is 16.8 Å². The number of rotatable bonds is 4. The number of anilines is 3. The van der Waals surface area contributed by atoms with E-state index >= 15 is 0 Å². The molecular formula is C20H19FN4O. The molecule has 0 bridgehead atoms. The summed E-state index contributed by atoms with van der Waals surface area (Å²) in [5.41, 5.74) is 3.96. The molecule has 0 radical (unpaired) electrons. The van der Waals surface area contributed by atoms with E-state index in [1.165, 1.54) is 12.1 Å². The van der Waals surface area contributed by atoms with E-state index in [9.17, 15) is 9.18 Å². The SMILES string of the molecule is Cc1cc(C)cc(Nc2nc(C)cc(C(=O)Nc3ccccc3F)n2)c1. The van der Waals surface area contributed by atoms with E-state index in [-0.39, 0.29) is 11.4 Å². The predicted octanol–water partition coefficient (Wildman–Crippen LogP) is 4.54. The van der Waals surface area contributed by atoms with Crippen molar-refractivity contribution in [1.82, 2.24) is 9.97 Å². The van der Waals surface area contributed by atoms with Gasteiger partial charge >= 0.3 is 0 Å². The minimum atomic E-state index is -0.500. The van der Waals surface area contributed by atoms with Crippen LogP contribution in [0.15, 0.2) is 48.5 Å². The van der Waals surface area contributed by atoms with Gasteiger partial charge in [-0.05, 0) is 62.2 Å². The van der Waals surface area contributed by atoms with E-state index in [4.69, 9.17) is 0 Å².